The van der Waals surface area contributed by atoms with E-state index in [0.717, 1.165) is 90.4 Å². The first-order valence-corrected chi connectivity index (χ1v) is 38.0. The minimum atomic E-state index is -1.89. The first-order valence-electron chi connectivity index (χ1n) is 36.2. The van der Waals surface area contributed by atoms with Crippen molar-refractivity contribution >= 4 is 81.6 Å². The normalized spacial score (nSPS) is 26.4. The van der Waals surface area contributed by atoms with Crippen LogP contribution in [0.4, 0.5) is 15.3 Å². The number of allylic oxidation sites excluding steroid dienone is 3. The second-order valence-corrected chi connectivity index (χ2v) is 31.7. The monoisotopic (exact) mass is 1500 g/mol. The number of likely N-dealkylation sites (N-methyl/N-ethyl adjacent to an activating group) is 1. The van der Waals surface area contributed by atoms with Crippen molar-refractivity contribution in [3.63, 3.8) is 0 Å². The minimum absolute atomic E-state index is 0.000620. The summed E-state index contributed by atoms with van der Waals surface area (Å²) in [6.07, 6.45) is 7.73. The van der Waals surface area contributed by atoms with Crippen molar-refractivity contribution in [1.29, 1.82) is 0 Å². The average Bonchev–Trinajstić information content (AvgIpc) is 1.56. The average molecular weight is 1500 g/mol. The van der Waals surface area contributed by atoms with Gasteiger partial charge in [-0.1, -0.05) is 127 Å². The topological polar surface area (TPSA) is 281 Å². The highest BCUT2D eigenvalue weighted by Gasteiger charge is 2.65. The number of benzene rings is 3. The largest absolute Gasteiger partial charge is 0.495 e. The van der Waals surface area contributed by atoms with E-state index in [2.05, 4.69) is 20.9 Å². The van der Waals surface area contributed by atoms with E-state index in [9.17, 15) is 33.9 Å². The Labute approximate surface area is 624 Å². The number of thioether (sulfide) groups is 1. The SMILES string of the molecule is COc1cc2cc(c1Cl)N(C)C(=O)C[C@H](OC(=O)[C@H](C)N(C)C(=O)CCSC(=O)c1ccc(CN(CCOCCOCCn3nnc4c3CC[C@H]3[C@@H](CC4)[C@@H]3COC(=O)NC(C)(C)C)C(=O)C3(c4ccc(Cl)cc4)CCCCC3)cc1)C1(C)O[C@H]1[C@H](C)[C@@H]1C[C@@](O)(NC(=O)O1)[C@H](OC)/C=C/C=C(\C)C2. The molecule has 4 aromatic rings. The smallest absolute Gasteiger partial charge is 0.409 e. The second kappa shape index (κ2) is 34.6. The van der Waals surface area contributed by atoms with Crippen LogP contribution < -0.4 is 20.3 Å². The van der Waals surface area contributed by atoms with Gasteiger partial charge in [-0.2, -0.15) is 0 Å². The Hall–Kier alpha value is -7.10. The molecule has 5 amide bonds. The molecule has 4 fully saturated rings. The number of methoxy groups -OCH3 is 2. The van der Waals surface area contributed by atoms with Gasteiger partial charge in [0.05, 0.1) is 81.7 Å². The molecule has 2 saturated heterocycles. The van der Waals surface area contributed by atoms with Crippen molar-refractivity contribution < 1.29 is 76.6 Å². The van der Waals surface area contributed by atoms with Gasteiger partial charge in [-0.25, -0.2) is 19.1 Å². The van der Waals surface area contributed by atoms with E-state index < -0.39 is 83.4 Å². The number of aromatic nitrogens is 3. The van der Waals surface area contributed by atoms with Crippen molar-refractivity contribution in [2.24, 2.45) is 23.7 Å². The summed E-state index contributed by atoms with van der Waals surface area (Å²) < 4.78 is 49.5. The molecule has 0 radical (unpaired) electrons. The molecule has 3 aliphatic carbocycles. The molecule has 4 bridgehead atoms. The lowest BCUT2D eigenvalue weighted by atomic mass is 9.68. The van der Waals surface area contributed by atoms with E-state index in [1.165, 1.54) is 38.0 Å². The summed E-state index contributed by atoms with van der Waals surface area (Å²) in [5, 5.41) is 26.9. The Bertz CT molecular complexity index is 3790. The molecule has 10 rings (SSSR count). The molecule has 24 nitrogen and oxygen atoms in total. The van der Waals surface area contributed by atoms with Gasteiger partial charge < -0.3 is 63.0 Å². The van der Waals surface area contributed by atoms with Crippen molar-refractivity contribution in [3.05, 3.63) is 128 Å². The Morgan fingerprint density at radius 1 is 0.942 bits per heavy atom. The predicted molar refractivity (Wildman–Crippen MR) is 393 cm³/mol. The number of ether oxygens (including phenoxy) is 8. The zero-order valence-electron chi connectivity index (χ0n) is 61.7. The summed E-state index contributed by atoms with van der Waals surface area (Å²) >= 11 is 14.2. The van der Waals surface area contributed by atoms with E-state index in [1.54, 1.807) is 57.3 Å². The lowest BCUT2D eigenvalue weighted by molar-refractivity contribution is -0.162. The van der Waals surface area contributed by atoms with Gasteiger partial charge in [0, 0.05) is 74.9 Å². The van der Waals surface area contributed by atoms with Gasteiger partial charge in [-0.3, -0.25) is 24.5 Å². The lowest BCUT2D eigenvalue weighted by Crippen LogP contribution is -2.63. The third-order valence-electron chi connectivity index (χ3n) is 21.5. The van der Waals surface area contributed by atoms with Crippen LogP contribution in [0.5, 0.6) is 5.75 Å². The fourth-order valence-corrected chi connectivity index (χ4v) is 16.4. The van der Waals surface area contributed by atoms with Gasteiger partial charge in [0.2, 0.25) is 22.8 Å². The Morgan fingerprint density at radius 2 is 1.64 bits per heavy atom. The number of amides is 5. The maximum Gasteiger partial charge on any atom is 0.409 e. The standard InChI is InChI=1S/C77H102Cl2N8O16S/c1-47-16-15-17-63(97-11)77(95)44-62(101-73(94)81-77)48(2)68-75(7,103-68)64(43-66(89)85(9)60-41-51(40-47)42-61(96-10)67(60)79)102-69(90)49(3)84(8)65(88)30-39-104-70(91)52-20-18-50(19-21-52)45-86(71(92)76(31-13-12-14-32-76)53-22-24-54(78)25-23-53)33-35-98-37-38-99-36-34-87-59-29-27-56-55(26-28-58(59)82-83-87)57(56)46-100-72(93)80-74(4,5)6/h15-25,41-42,48-49,55-57,62-64,68,95H,12-14,26-40,43-46H2,1-11H3,(H,80,93)(H,81,94)/b17-15+,47-16+/t48-,49+,55-,56+,57+,62+,63-,64+,68+,75?,77+/m1/s1. The summed E-state index contributed by atoms with van der Waals surface area (Å²) in [5.74, 6) is -0.554. The number of hydrogen-bond acceptors (Lipinski definition) is 19. The zero-order valence-corrected chi connectivity index (χ0v) is 64.0. The van der Waals surface area contributed by atoms with Crippen LogP contribution >= 0.6 is 35.0 Å². The third-order valence-corrected chi connectivity index (χ3v) is 23.0. The number of halogens is 2. The number of anilines is 1. The van der Waals surface area contributed by atoms with Crippen molar-refractivity contribution in [3.8, 4) is 5.75 Å². The van der Waals surface area contributed by atoms with Crippen LogP contribution in [0, 0.1) is 23.7 Å². The van der Waals surface area contributed by atoms with E-state index in [0.29, 0.717) is 98.6 Å². The highest BCUT2D eigenvalue weighted by Crippen LogP contribution is 2.53. The minimum Gasteiger partial charge on any atom is -0.495 e. The number of aryl methyl sites for hydroxylation is 1. The van der Waals surface area contributed by atoms with Crippen molar-refractivity contribution in [2.75, 3.05) is 78.5 Å². The number of nitrogens with zero attached hydrogens (tertiary/aromatic N) is 6. The number of carbonyl (C=O) groups excluding carboxylic acids is 7. The van der Waals surface area contributed by atoms with Gasteiger partial charge in [0.1, 0.15) is 40.7 Å². The number of carbonyl (C=O) groups is 7. The number of epoxide rings is 1. The van der Waals surface area contributed by atoms with Gasteiger partial charge >= 0.3 is 18.2 Å². The molecule has 3 aliphatic heterocycles. The van der Waals surface area contributed by atoms with Crippen LogP contribution in [0.25, 0.3) is 0 Å². The van der Waals surface area contributed by atoms with Crippen molar-refractivity contribution in [2.45, 2.75) is 198 Å². The van der Waals surface area contributed by atoms with Gasteiger partial charge in [0.25, 0.3) is 0 Å². The van der Waals surface area contributed by atoms with Gasteiger partial charge in [-0.05, 0) is 145 Å². The summed E-state index contributed by atoms with van der Waals surface area (Å²) in [5.41, 5.74) is 1.97. The first kappa shape index (κ1) is 79.5. The molecule has 4 heterocycles. The fourth-order valence-electron chi connectivity index (χ4n) is 15.2. The van der Waals surface area contributed by atoms with E-state index in [4.69, 9.17) is 61.1 Å². The molecule has 566 valence electrons. The highest BCUT2D eigenvalue weighted by atomic mass is 35.5. The molecule has 1 unspecified atom stereocenters. The van der Waals surface area contributed by atoms with E-state index in [-0.39, 0.29) is 59.4 Å². The molecule has 0 spiro atoms. The van der Waals surface area contributed by atoms with Gasteiger partial charge in [-0.15, -0.1) is 5.10 Å². The summed E-state index contributed by atoms with van der Waals surface area (Å²) in [7, 11) is 5.91. The van der Waals surface area contributed by atoms with Crippen LogP contribution in [-0.2, 0) is 90.1 Å². The molecule has 6 aliphatic rings. The molecule has 3 aromatic carbocycles. The summed E-state index contributed by atoms with van der Waals surface area (Å²) in [6.45, 7) is 15.6. The maximum atomic E-state index is 15.2. The lowest BCUT2D eigenvalue weighted by Gasteiger charge is -2.42. The quantitative estimate of drug-likeness (QED) is 0.0254. The number of esters is 1. The molecule has 2 saturated carbocycles. The summed E-state index contributed by atoms with van der Waals surface area (Å²) in [4.78, 5) is 102. The number of hydrogen-bond donors (Lipinski definition) is 3. The number of aliphatic hydroxyl groups is 1. The van der Waals surface area contributed by atoms with Crippen molar-refractivity contribution in [1.82, 2.24) is 35.4 Å². The predicted octanol–water partition coefficient (Wildman–Crippen LogP) is 11.0. The van der Waals surface area contributed by atoms with Crippen LogP contribution in [0.1, 0.15) is 151 Å². The van der Waals surface area contributed by atoms with Crippen LogP contribution in [-0.4, -0.2) is 192 Å². The van der Waals surface area contributed by atoms with Crippen LogP contribution in [0.2, 0.25) is 10.0 Å². The molecule has 27 heteroatoms. The molecule has 3 N–H and O–H groups in total. The second-order valence-electron chi connectivity index (χ2n) is 29.8. The zero-order chi connectivity index (χ0) is 74.8. The molecule has 1 aromatic heterocycles. The summed E-state index contributed by atoms with van der Waals surface area (Å²) in [6, 6.07) is 17.1. The van der Waals surface area contributed by atoms with E-state index >= 15 is 4.79 Å². The molecule has 104 heavy (non-hydrogen) atoms. The molecular formula is C77H102Cl2N8O16S. The van der Waals surface area contributed by atoms with Crippen LogP contribution in [0.15, 0.2) is 84.5 Å². The first-order chi connectivity index (χ1) is 49.5. The fraction of sp³-hybridized carbons (Fsp3) is 0.597. The Kier molecular flexibility index (Phi) is 26.5. The number of fused-ring (bicyclic) bond motifs is 7. The highest BCUT2D eigenvalue weighted by molar-refractivity contribution is 8.14. The Morgan fingerprint density at radius 3 is 2.34 bits per heavy atom. The number of rotatable bonds is 24. The Balaban J connectivity index is 0.731. The van der Waals surface area contributed by atoms with Gasteiger partial charge in [0.15, 0.2) is 5.72 Å². The third kappa shape index (κ3) is 19.4. The molecule has 11 atom stereocenters. The van der Waals surface area contributed by atoms with Crippen LogP contribution in [0.3, 0.4) is 0 Å². The maximum absolute atomic E-state index is 15.2. The number of alkyl carbamates (subject to hydrolysis) is 2. The van der Waals surface area contributed by atoms with E-state index in [1.807, 2.05) is 79.8 Å². The number of nitrogens with one attached hydrogen (secondary N) is 2. The molecular weight excluding hydrogens is 1400 g/mol.